The topological polar surface area (TPSA) is 26.0 Å². The summed E-state index contributed by atoms with van der Waals surface area (Å²) in [5.41, 5.74) is 1.92. The van der Waals surface area contributed by atoms with Crippen molar-refractivity contribution < 1.29 is 4.39 Å². The van der Waals surface area contributed by atoms with E-state index in [0.717, 1.165) is 17.1 Å². The average molecular weight is 342 g/mol. The molecule has 3 rings (SSSR count). The molecular formula is C18H19FN4S. The van der Waals surface area contributed by atoms with E-state index in [1.807, 2.05) is 59.8 Å². The number of halogens is 1. The molecule has 6 heteroatoms. The fraction of sp³-hybridized carbons (Fsp3) is 0.222. The van der Waals surface area contributed by atoms with Crippen molar-refractivity contribution in [1.29, 1.82) is 0 Å². The van der Waals surface area contributed by atoms with Gasteiger partial charge in [-0.15, -0.1) is 0 Å². The van der Waals surface area contributed by atoms with E-state index in [4.69, 9.17) is 12.2 Å². The highest BCUT2D eigenvalue weighted by atomic mass is 32.1. The molecule has 3 aromatic rings. The summed E-state index contributed by atoms with van der Waals surface area (Å²) in [7, 11) is 1.96. The Kier molecular flexibility index (Phi) is 4.87. The van der Waals surface area contributed by atoms with Gasteiger partial charge in [0.2, 0.25) is 4.77 Å². The fourth-order valence-electron chi connectivity index (χ4n) is 2.71. The van der Waals surface area contributed by atoms with Gasteiger partial charge < -0.3 is 0 Å². The van der Waals surface area contributed by atoms with Gasteiger partial charge in [-0.1, -0.05) is 30.3 Å². The van der Waals surface area contributed by atoms with Crippen molar-refractivity contribution >= 4 is 12.2 Å². The van der Waals surface area contributed by atoms with Crippen LogP contribution in [-0.2, 0) is 13.2 Å². The molecule has 0 spiro atoms. The van der Waals surface area contributed by atoms with Crippen molar-refractivity contribution in [2.75, 3.05) is 7.05 Å². The Morgan fingerprint density at radius 1 is 1.12 bits per heavy atom. The Hall–Kier alpha value is -2.31. The molecule has 2 aromatic carbocycles. The van der Waals surface area contributed by atoms with Gasteiger partial charge in [0.15, 0.2) is 0 Å². The molecule has 0 atom stereocenters. The van der Waals surface area contributed by atoms with E-state index in [1.165, 1.54) is 6.07 Å². The third-order valence-electron chi connectivity index (χ3n) is 3.73. The Balaban J connectivity index is 1.80. The molecule has 124 valence electrons. The first-order valence-corrected chi connectivity index (χ1v) is 8.10. The van der Waals surface area contributed by atoms with Gasteiger partial charge in [0.05, 0.1) is 6.67 Å². The molecule has 0 radical (unpaired) electrons. The molecule has 0 bridgehead atoms. The molecule has 1 heterocycles. The van der Waals surface area contributed by atoms with E-state index in [1.54, 1.807) is 16.8 Å². The van der Waals surface area contributed by atoms with Gasteiger partial charge in [0, 0.05) is 12.2 Å². The van der Waals surface area contributed by atoms with Crippen LogP contribution in [0.1, 0.15) is 11.4 Å². The Bertz CT molecular complexity index is 886. The van der Waals surface area contributed by atoms with Gasteiger partial charge in [0.1, 0.15) is 11.6 Å². The average Bonchev–Trinajstić information content (AvgIpc) is 2.82. The first kappa shape index (κ1) is 16.5. The highest BCUT2D eigenvalue weighted by molar-refractivity contribution is 7.71. The maximum Gasteiger partial charge on any atom is 0.203 e. The maximum absolute atomic E-state index is 13.3. The standard InChI is InChI=1S/C18H19FN4S/c1-14-20-22(18(24)23(14)17-9-4-3-5-10-17)13-21(2)12-15-7-6-8-16(19)11-15/h3-11H,12-13H2,1-2H3. The van der Waals surface area contributed by atoms with Crippen molar-refractivity contribution in [2.45, 2.75) is 20.1 Å². The Labute approximate surface area is 145 Å². The summed E-state index contributed by atoms with van der Waals surface area (Å²) in [6.07, 6.45) is 0. The van der Waals surface area contributed by atoms with Crippen LogP contribution in [0.25, 0.3) is 5.69 Å². The summed E-state index contributed by atoms with van der Waals surface area (Å²) in [5, 5.41) is 4.55. The minimum Gasteiger partial charge on any atom is -0.283 e. The van der Waals surface area contributed by atoms with E-state index in [9.17, 15) is 4.39 Å². The number of hydrogen-bond donors (Lipinski definition) is 0. The molecule has 0 aliphatic rings. The molecule has 4 nitrogen and oxygen atoms in total. The van der Waals surface area contributed by atoms with Gasteiger partial charge in [-0.05, 0) is 56.0 Å². The molecular weight excluding hydrogens is 323 g/mol. The van der Waals surface area contributed by atoms with Gasteiger partial charge in [-0.25, -0.2) is 9.07 Å². The molecule has 0 aliphatic heterocycles. The lowest BCUT2D eigenvalue weighted by molar-refractivity contribution is 0.243. The first-order chi connectivity index (χ1) is 11.5. The number of nitrogens with zero attached hydrogens (tertiary/aromatic N) is 4. The zero-order chi connectivity index (χ0) is 17.1. The van der Waals surface area contributed by atoms with Crippen molar-refractivity contribution in [3.63, 3.8) is 0 Å². The molecule has 0 amide bonds. The number of aryl methyl sites for hydroxylation is 1. The first-order valence-electron chi connectivity index (χ1n) is 7.69. The molecule has 0 saturated heterocycles. The van der Waals surface area contributed by atoms with Crippen molar-refractivity contribution in [3.05, 3.63) is 76.6 Å². The molecule has 0 N–H and O–H groups in total. The van der Waals surface area contributed by atoms with Crippen molar-refractivity contribution in [1.82, 2.24) is 19.2 Å². The second kappa shape index (κ2) is 7.07. The van der Waals surface area contributed by atoms with Crippen LogP contribution in [0.5, 0.6) is 0 Å². The van der Waals surface area contributed by atoms with Crippen LogP contribution in [-0.4, -0.2) is 26.3 Å². The van der Waals surface area contributed by atoms with E-state index in [2.05, 4.69) is 5.10 Å². The number of hydrogen-bond acceptors (Lipinski definition) is 3. The SMILES string of the molecule is Cc1nn(CN(C)Cc2cccc(F)c2)c(=S)n1-c1ccccc1. The second-order valence-corrected chi connectivity index (χ2v) is 6.15. The van der Waals surface area contributed by atoms with Gasteiger partial charge >= 0.3 is 0 Å². The minimum atomic E-state index is -0.221. The van der Waals surface area contributed by atoms with Gasteiger partial charge in [-0.3, -0.25) is 9.47 Å². The van der Waals surface area contributed by atoms with E-state index in [0.29, 0.717) is 18.0 Å². The van der Waals surface area contributed by atoms with Gasteiger partial charge in [-0.2, -0.15) is 5.10 Å². The summed E-state index contributed by atoms with van der Waals surface area (Å²) >= 11 is 5.58. The predicted octanol–water partition coefficient (Wildman–Crippen LogP) is 3.94. The zero-order valence-electron chi connectivity index (χ0n) is 13.7. The number of benzene rings is 2. The van der Waals surface area contributed by atoms with E-state index in [-0.39, 0.29) is 5.82 Å². The van der Waals surface area contributed by atoms with Crippen LogP contribution in [0.3, 0.4) is 0 Å². The van der Waals surface area contributed by atoms with Gasteiger partial charge in [0.25, 0.3) is 0 Å². The lowest BCUT2D eigenvalue weighted by Crippen LogP contribution is -2.22. The molecule has 0 fully saturated rings. The third-order valence-corrected chi connectivity index (χ3v) is 4.13. The Morgan fingerprint density at radius 2 is 1.88 bits per heavy atom. The van der Waals surface area contributed by atoms with Crippen LogP contribution in [0.15, 0.2) is 54.6 Å². The molecule has 0 aliphatic carbocycles. The molecule has 1 aromatic heterocycles. The van der Waals surface area contributed by atoms with Crippen LogP contribution < -0.4 is 0 Å². The molecule has 0 unspecified atom stereocenters. The van der Waals surface area contributed by atoms with Crippen LogP contribution in [0.4, 0.5) is 4.39 Å². The van der Waals surface area contributed by atoms with Crippen molar-refractivity contribution in [3.8, 4) is 5.69 Å². The minimum absolute atomic E-state index is 0.221. The lowest BCUT2D eigenvalue weighted by atomic mass is 10.2. The predicted molar refractivity (Wildman–Crippen MR) is 95.0 cm³/mol. The summed E-state index contributed by atoms with van der Waals surface area (Å²) < 4.78 is 17.7. The summed E-state index contributed by atoms with van der Waals surface area (Å²) in [5.74, 6) is 0.618. The summed E-state index contributed by atoms with van der Waals surface area (Å²) in [6.45, 7) is 3.10. The van der Waals surface area contributed by atoms with E-state index >= 15 is 0 Å². The van der Waals surface area contributed by atoms with Crippen molar-refractivity contribution in [2.24, 2.45) is 0 Å². The Morgan fingerprint density at radius 3 is 2.58 bits per heavy atom. The summed E-state index contributed by atoms with van der Waals surface area (Å²) in [6, 6.07) is 16.6. The highest BCUT2D eigenvalue weighted by Gasteiger charge is 2.10. The smallest absolute Gasteiger partial charge is 0.203 e. The van der Waals surface area contributed by atoms with E-state index < -0.39 is 0 Å². The monoisotopic (exact) mass is 342 g/mol. The zero-order valence-corrected chi connectivity index (χ0v) is 14.5. The van der Waals surface area contributed by atoms with Crippen LogP contribution >= 0.6 is 12.2 Å². The summed E-state index contributed by atoms with van der Waals surface area (Å²) in [4.78, 5) is 2.05. The number of rotatable bonds is 5. The normalized spacial score (nSPS) is 11.2. The molecule has 0 saturated carbocycles. The highest BCUT2D eigenvalue weighted by Crippen LogP contribution is 2.13. The molecule has 24 heavy (non-hydrogen) atoms. The fourth-order valence-corrected chi connectivity index (χ4v) is 3.04. The van der Waals surface area contributed by atoms with Crippen LogP contribution in [0, 0.1) is 17.5 Å². The largest absolute Gasteiger partial charge is 0.283 e. The lowest BCUT2D eigenvalue weighted by Gasteiger charge is -2.16. The number of para-hydroxylation sites is 1. The number of aromatic nitrogens is 3. The third kappa shape index (κ3) is 3.60. The second-order valence-electron chi connectivity index (χ2n) is 5.79. The quantitative estimate of drug-likeness (QED) is 0.657. The van der Waals surface area contributed by atoms with Crippen LogP contribution in [0.2, 0.25) is 0 Å². The maximum atomic E-state index is 13.3.